The Morgan fingerprint density at radius 1 is 0.939 bits per heavy atom. The molecule has 3 rings (SSSR count). The molecule has 0 spiro atoms. The topological polar surface area (TPSA) is 89.0 Å². The van der Waals surface area contributed by atoms with E-state index in [0.29, 0.717) is 36.6 Å². The molecule has 0 aliphatic carbocycles. The van der Waals surface area contributed by atoms with Crippen LogP contribution in [0.2, 0.25) is 0 Å². The van der Waals surface area contributed by atoms with Gasteiger partial charge in [0.1, 0.15) is 6.61 Å². The number of carbonyl (C=O) groups is 2. The van der Waals surface area contributed by atoms with Crippen LogP contribution in [0.5, 0.6) is 11.5 Å². The van der Waals surface area contributed by atoms with E-state index < -0.39 is 11.8 Å². The Bertz CT molecular complexity index is 1100. The van der Waals surface area contributed by atoms with Crippen LogP contribution in [0.1, 0.15) is 16.7 Å². The fraction of sp³-hybridized carbons (Fsp3) is 0.160. The summed E-state index contributed by atoms with van der Waals surface area (Å²) in [6, 6.07) is 22.8. The van der Waals surface area contributed by atoms with Crippen molar-refractivity contribution in [3.8, 4) is 11.5 Å². The SMILES string of the molecule is COc1cccc(/C=N\NC(=O)C(=O)NCCc2ccccc2)c1OCc1ccc(Br)cc1. The molecule has 0 bridgehead atoms. The van der Waals surface area contributed by atoms with Crippen LogP contribution in [0.15, 0.2) is 82.4 Å². The van der Waals surface area contributed by atoms with Crippen molar-refractivity contribution in [2.75, 3.05) is 13.7 Å². The first-order valence-electron chi connectivity index (χ1n) is 10.3. The number of para-hydroxylation sites is 1. The van der Waals surface area contributed by atoms with Gasteiger partial charge in [-0.25, -0.2) is 5.43 Å². The van der Waals surface area contributed by atoms with E-state index in [-0.39, 0.29) is 0 Å². The van der Waals surface area contributed by atoms with Crippen LogP contribution >= 0.6 is 15.9 Å². The van der Waals surface area contributed by atoms with Crippen molar-refractivity contribution >= 4 is 34.0 Å². The molecule has 3 aromatic carbocycles. The molecular formula is C25H24BrN3O4. The van der Waals surface area contributed by atoms with Crippen molar-refractivity contribution in [1.29, 1.82) is 0 Å². The van der Waals surface area contributed by atoms with Crippen LogP contribution < -0.4 is 20.2 Å². The zero-order chi connectivity index (χ0) is 23.5. The molecule has 0 fully saturated rings. The highest BCUT2D eigenvalue weighted by atomic mass is 79.9. The van der Waals surface area contributed by atoms with Gasteiger partial charge < -0.3 is 14.8 Å². The number of rotatable bonds is 9. The van der Waals surface area contributed by atoms with Gasteiger partial charge in [0.2, 0.25) is 0 Å². The molecule has 33 heavy (non-hydrogen) atoms. The lowest BCUT2D eigenvalue weighted by Crippen LogP contribution is -2.38. The summed E-state index contributed by atoms with van der Waals surface area (Å²) >= 11 is 3.41. The number of hydrogen-bond acceptors (Lipinski definition) is 5. The third kappa shape index (κ3) is 7.47. The number of methoxy groups -OCH3 is 1. The second kappa shape index (κ2) is 12.4. The van der Waals surface area contributed by atoms with Crippen LogP contribution in [0.25, 0.3) is 0 Å². The molecule has 3 aromatic rings. The van der Waals surface area contributed by atoms with Gasteiger partial charge in [-0.3, -0.25) is 9.59 Å². The number of nitrogens with zero attached hydrogens (tertiary/aromatic N) is 1. The van der Waals surface area contributed by atoms with E-state index in [2.05, 4.69) is 31.8 Å². The largest absolute Gasteiger partial charge is 0.493 e. The van der Waals surface area contributed by atoms with Gasteiger partial charge in [-0.05, 0) is 41.8 Å². The van der Waals surface area contributed by atoms with Gasteiger partial charge in [0.05, 0.1) is 13.3 Å². The zero-order valence-electron chi connectivity index (χ0n) is 18.1. The minimum atomic E-state index is -0.848. The van der Waals surface area contributed by atoms with E-state index in [1.807, 2.05) is 54.6 Å². The quantitative estimate of drug-likeness (QED) is 0.260. The summed E-state index contributed by atoms with van der Waals surface area (Å²) in [7, 11) is 1.55. The lowest BCUT2D eigenvalue weighted by atomic mass is 10.1. The number of hydrogen-bond donors (Lipinski definition) is 2. The molecule has 0 saturated heterocycles. The van der Waals surface area contributed by atoms with E-state index in [4.69, 9.17) is 9.47 Å². The smallest absolute Gasteiger partial charge is 0.329 e. The molecule has 0 aromatic heterocycles. The third-order valence-electron chi connectivity index (χ3n) is 4.64. The molecule has 7 nitrogen and oxygen atoms in total. The summed E-state index contributed by atoms with van der Waals surface area (Å²) in [4.78, 5) is 24.0. The van der Waals surface area contributed by atoms with Crippen molar-refractivity contribution in [1.82, 2.24) is 10.7 Å². The summed E-state index contributed by atoms with van der Waals surface area (Å²) in [5, 5.41) is 6.48. The third-order valence-corrected chi connectivity index (χ3v) is 5.17. The van der Waals surface area contributed by atoms with Gasteiger partial charge in [-0.2, -0.15) is 5.10 Å². The number of halogens is 1. The van der Waals surface area contributed by atoms with Gasteiger partial charge >= 0.3 is 11.8 Å². The molecule has 0 heterocycles. The van der Waals surface area contributed by atoms with Crippen LogP contribution in [0.3, 0.4) is 0 Å². The standard InChI is InChI=1S/C25H24BrN3O4/c1-32-22-9-5-8-20(23(22)33-17-19-10-12-21(26)13-11-19)16-28-29-25(31)24(30)27-15-14-18-6-3-2-4-7-18/h2-13,16H,14-15,17H2,1H3,(H,27,30)(H,29,31)/b28-16-. The first kappa shape index (κ1) is 24.0. The molecular weight excluding hydrogens is 486 g/mol. The minimum absolute atomic E-state index is 0.324. The Hall–Kier alpha value is -3.65. The number of nitrogens with one attached hydrogen (secondary N) is 2. The molecule has 0 unspecified atom stereocenters. The highest BCUT2D eigenvalue weighted by Crippen LogP contribution is 2.31. The maximum absolute atomic E-state index is 12.0. The molecule has 170 valence electrons. The molecule has 0 saturated carbocycles. The Morgan fingerprint density at radius 3 is 2.42 bits per heavy atom. The number of hydrazone groups is 1. The second-order valence-electron chi connectivity index (χ2n) is 6.98. The molecule has 8 heteroatoms. The molecule has 0 radical (unpaired) electrons. The number of carbonyl (C=O) groups excluding carboxylic acids is 2. The predicted molar refractivity (Wildman–Crippen MR) is 130 cm³/mol. The van der Waals surface area contributed by atoms with Crippen molar-refractivity contribution in [2.24, 2.45) is 5.10 Å². The second-order valence-corrected chi connectivity index (χ2v) is 7.90. The summed E-state index contributed by atoms with van der Waals surface area (Å²) in [5.74, 6) is -0.589. The fourth-order valence-corrected chi connectivity index (χ4v) is 3.21. The van der Waals surface area contributed by atoms with Gasteiger partial charge in [-0.15, -0.1) is 0 Å². The Balaban J connectivity index is 1.56. The van der Waals surface area contributed by atoms with E-state index >= 15 is 0 Å². The summed E-state index contributed by atoms with van der Waals surface area (Å²) in [5.41, 5.74) is 4.89. The van der Waals surface area contributed by atoms with E-state index in [0.717, 1.165) is 15.6 Å². The molecule has 2 amide bonds. The predicted octanol–water partition coefficient (Wildman–Crippen LogP) is 3.85. The summed E-state index contributed by atoms with van der Waals surface area (Å²) in [6.07, 6.45) is 2.04. The van der Waals surface area contributed by atoms with E-state index in [9.17, 15) is 9.59 Å². The van der Waals surface area contributed by atoms with Crippen molar-refractivity contribution in [3.05, 3.63) is 94.0 Å². The Kier molecular flexibility index (Phi) is 9.02. The fourth-order valence-electron chi connectivity index (χ4n) is 2.94. The highest BCUT2D eigenvalue weighted by molar-refractivity contribution is 9.10. The van der Waals surface area contributed by atoms with Crippen LogP contribution in [-0.2, 0) is 22.6 Å². The van der Waals surface area contributed by atoms with Crippen LogP contribution in [-0.4, -0.2) is 31.7 Å². The van der Waals surface area contributed by atoms with Gasteiger partial charge in [-0.1, -0.05) is 64.5 Å². The lowest BCUT2D eigenvalue weighted by Gasteiger charge is -2.13. The summed E-state index contributed by atoms with van der Waals surface area (Å²) < 4.78 is 12.3. The van der Waals surface area contributed by atoms with Crippen molar-refractivity contribution in [2.45, 2.75) is 13.0 Å². The molecule has 2 N–H and O–H groups in total. The highest BCUT2D eigenvalue weighted by Gasteiger charge is 2.13. The van der Waals surface area contributed by atoms with E-state index in [1.165, 1.54) is 6.21 Å². The Morgan fingerprint density at radius 2 is 1.70 bits per heavy atom. The minimum Gasteiger partial charge on any atom is -0.493 e. The van der Waals surface area contributed by atoms with Crippen molar-refractivity contribution in [3.63, 3.8) is 0 Å². The average molecular weight is 510 g/mol. The normalized spacial score (nSPS) is 10.6. The maximum Gasteiger partial charge on any atom is 0.329 e. The lowest BCUT2D eigenvalue weighted by molar-refractivity contribution is -0.139. The number of benzene rings is 3. The summed E-state index contributed by atoms with van der Waals surface area (Å²) in [6.45, 7) is 0.675. The van der Waals surface area contributed by atoms with Crippen LogP contribution in [0, 0.1) is 0 Å². The van der Waals surface area contributed by atoms with Gasteiger partial charge in [0, 0.05) is 16.6 Å². The van der Waals surface area contributed by atoms with Gasteiger partial charge in [0.25, 0.3) is 0 Å². The average Bonchev–Trinajstić information content (AvgIpc) is 2.84. The van der Waals surface area contributed by atoms with Crippen molar-refractivity contribution < 1.29 is 19.1 Å². The molecule has 0 atom stereocenters. The first-order valence-corrected chi connectivity index (χ1v) is 11.1. The monoisotopic (exact) mass is 509 g/mol. The first-order chi connectivity index (χ1) is 16.1. The van der Waals surface area contributed by atoms with E-state index in [1.54, 1.807) is 25.3 Å². The number of ether oxygens (including phenoxy) is 2. The zero-order valence-corrected chi connectivity index (χ0v) is 19.7. The van der Waals surface area contributed by atoms with Crippen LogP contribution in [0.4, 0.5) is 0 Å². The maximum atomic E-state index is 12.0. The van der Waals surface area contributed by atoms with Gasteiger partial charge in [0.15, 0.2) is 11.5 Å². The molecule has 0 aliphatic rings. The number of amides is 2. The Labute approximate surface area is 200 Å². The molecule has 0 aliphatic heterocycles.